The van der Waals surface area contributed by atoms with Crippen molar-refractivity contribution in [3.8, 4) is 0 Å². The van der Waals surface area contributed by atoms with Crippen molar-refractivity contribution in [1.29, 1.82) is 0 Å². The summed E-state index contributed by atoms with van der Waals surface area (Å²) in [6.07, 6.45) is 1.42. The first-order chi connectivity index (χ1) is 11.4. The summed E-state index contributed by atoms with van der Waals surface area (Å²) < 4.78 is 43.4. The molecule has 0 bridgehead atoms. The molecular formula is C17H20F3NO3. The van der Waals surface area contributed by atoms with Gasteiger partial charge in [0.2, 0.25) is 0 Å². The Morgan fingerprint density at radius 3 is 2.33 bits per heavy atom. The fourth-order valence-corrected chi connectivity index (χ4v) is 2.81. The van der Waals surface area contributed by atoms with Gasteiger partial charge in [-0.3, -0.25) is 4.79 Å². The van der Waals surface area contributed by atoms with E-state index in [1.807, 2.05) is 0 Å². The number of carbonyl (C=O) groups is 2. The lowest BCUT2D eigenvalue weighted by molar-refractivity contribution is -0.138. The molecule has 0 radical (unpaired) electrons. The molecule has 4 nitrogen and oxygen atoms in total. The summed E-state index contributed by atoms with van der Waals surface area (Å²) in [4.78, 5) is 23.7. The number of alkyl halides is 3. The Balaban J connectivity index is 1.90. The monoisotopic (exact) mass is 343 g/mol. The van der Waals surface area contributed by atoms with Crippen LogP contribution in [-0.2, 0) is 15.7 Å². The van der Waals surface area contributed by atoms with Crippen LogP contribution in [0.5, 0.6) is 0 Å². The van der Waals surface area contributed by atoms with Crippen LogP contribution in [0, 0.1) is 0 Å². The molecule has 2 rings (SSSR count). The Labute approximate surface area is 138 Å². The van der Waals surface area contributed by atoms with Crippen molar-refractivity contribution in [3.63, 3.8) is 0 Å². The number of carbonyl (C=O) groups excluding carboxylic acids is 2. The van der Waals surface area contributed by atoms with Crippen LogP contribution in [0.25, 0.3) is 0 Å². The van der Waals surface area contributed by atoms with E-state index in [4.69, 9.17) is 4.74 Å². The molecular weight excluding hydrogens is 323 g/mol. The normalized spacial score (nSPS) is 16.3. The third-order valence-electron chi connectivity index (χ3n) is 4.01. The summed E-state index contributed by atoms with van der Waals surface area (Å²) in [6, 6.07) is 4.40. The van der Waals surface area contributed by atoms with Crippen molar-refractivity contribution >= 4 is 11.9 Å². The number of amides is 1. The van der Waals surface area contributed by atoms with Gasteiger partial charge in [0, 0.05) is 6.04 Å². The maximum Gasteiger partial charge on any atom is 0.417 e. The number of rotatable bonds is 4. The van der Waals surface area contributed by atoms with Crippen molar-refractivity contribution in [1.82, 2.24) is 5.32 Å². The zero-order valence-electron chi connectivity index (χ0n) is 13.2. The second-order valence-electron chi connectivity index (χ2n) is 5.88. The smallest absolute Gasteiger partial charge is 0.417 e. The van der Waals surface area contributed by atoms with E-state index in [1.54, 1.807) is 0 Å². The van der Waals surface area contributed by atoms with E-state index in [0.29, 0.717) is 0 Å². The van der Waals surface area contributed by atoms with E-state index < -0.39 is 35.8 Å². The molecule has 24 heavy (non-hydrogen) atoms. The third-order valence-corrected chi connectivity index (χ3v) is 4.01. The predicted molar refractivity (Wildman–Crippen MR) is 81.4 cm³/mol. The molecule has 0 aromatic heterocycles. The van der Waals surface area contributed by atoms with Crippen molar-refractivity contribution in [2.75, 3.05) is 6.61 Å². The van der Waals surface area contributed by atoms with E-state index in [0.717, 1.165) is 50.7 Å². The third kappa shape index (κ3) is 5.25. The van der Waals surface area contributed by atoms with Crippen LogP contribution in [0.15, 0.2) is 24.3 Å². The van der Waals surface area contributed by atoms with E-state index >= 15 is 0 Å². The van der Waals surface area contributed by atoms with Crippen molar-refractivity contribution in [3.05, 3.63) is 35.4 Å². The summed E-state index contributed by atoms with van der Waals surface area (Å²) >= 11 is 0. The van der Waals surface area contributed by atoms with Gasteiger partial charge in [-0.15, -0.1) is 0 Å². The zero-order valence-corrected chi connectivity index (χ0v) is 13.2. The van der Waals surface area contributed by atoms with E-state index in [-0.39, 0.29) is 6.04 Å². The Bertz CT molecular complexity index is 579. The molecule has 1 amide bonds. The SMILES string of the molecule is O=C(COC(=O)c1ccccc1C(F)(F)F)NC1CCCCCC1. The summed E-state index contributed by atoms with van der Waals surface area (Å²) in [6.45, 7) is -0.582. The highest BCUT2D eigenvalue weighted by molar-refractivity contribution is 5.93. The van der Waals surface area contributed by atoms with Crippen LogP contribution >= 0.6 is 0 Å². The molecule has 7 heteroatoms. The molecule has 0 aliphatic heterocycles. The minimum atomic E-state index is -4.65. The van der Waals surface area contributed by atoms with Crippen LogP contribution < -0.4 is 5.32 Å². The zero-order chi connectivity index (χ0) is 17.6. The molecule has 0 saturated heterocycles. The number of ether oxygens (including phenoxy) is 1. The van der Waals surface area contributed by atoms with Gasteiger partial charge in [0.25, 0.3) is 5.91 Å². The first-order valence-corrected chi connectivity index (χ1v) is 8.00. The van der Waals surface area contributed by atoms with Crippen LogP contribution in [0.4, 0.5) is 13.2 Å². The highest BCUT2D eigenvalue weighted by Gasteiger charge is 2.35. The second kappa shape index (κ2) is 8.17. The maximum absolute atomic E-state index is 12.9. The highest BCUT2D eigenvalue weighted by Crippen LogP contribution is 2.32. The quantitative estimate of drug-likeness (QED) is 0.670. The fraction of sp³-hybridized carbons (Fsp3) is 0.529. The van der Waals surface area contributed by atoms with Crippen LogP contribution in [0.2, 0.25) is 0 Å². The molecule has 1 aromatic rings. The number of hydrogen-bond donors (Lipinski definition) is 1. The highest BCUT2D eigenvalue weighted by atomic mass is 19.4. The maximum atomic E-state index is 12.9. The fourth-order valence-electron chi connectivity index (χ4n) is 2.81. The molecule has 0 atom stereocenters. The van der Waals surface area contributed by atoms with Gasteiger partial charge in [-0.25, -0.2) is 4.79 Å². The van der Waals surface area contributed by atoms with E-state index in [1.165, 1.54) is 12.1 Å². The minimum absolute atomic E-state index is 0.0427. The Morgan fingerprint density at radius 2 is 1.71 bits per heavy atom. The second-order valence-corrected chi connectivity index (χ2v) is 5.88. The molecule has 1 aliphatic carbocycles. The Kier molecular flexibility index (Phi) is 6.23. The van der Waals surface area contributed by atoms with Gasteiger partial charge in [0.05, 0.1) is 11.1 Å². The van der Waals surface area contributed by atoms with E-state index in [9.17, 15) is 22.8 Å². The number of halogens is 3. The summed E-state index contributed by atoms with van der Waals surface area (Å²) in [5.41, 5.74) is -1.66. The first-order valence-electron chi connectivity index (χ1n) is 8.00. The van der Waals surface area contributed by atoms with Gasteiger partial charge in [-0.1, -0.05) is 37.8 Å². The van der Waals surface area contributed by atoms with Crippen LogP contribution in [0.3, 0.4) is 0 Å². The lowest BCUT2D eigenvalue weighted by Crippen LogP contribution is -2.37. The lowest BCUT2D eigenvalue weighted by atomic mass is 10.1. The predicted octanol–water partition coefficient (Wildman–Crippen LogP) is 3.70. The Morgan fingerprint density at radius 1 is 1.08 bits per heavy atom. The van der Waals surface area contributed by atoms with Crippen molar-refractivity contribution < 1.29 is 27.5 Å². The topological polar surface area (TPSA) is 55.4 Å². The van der Waals surface area contributed by atoms with Gasteiger partial charge < -0.3 is 10.1 Å². The average molecular weight is 343 g/mol. The van der Waals surface area contributed by atoms with Crippen molar-refractivity contribution in [2.24, 2.45) is 0 Å². The van der Waals surface area contributed by atoms with Gasteiger partial charge in [-0.2, -0.15) is 13.2 Å². The number of nitrogens with one attached hydrogen (secondary N) is 1. The average Bonchev–Trinajstić information content (AvgIpc) is 2.80. The molecule has 1 N–H and O–H groups in total. The minimum Gasteiger partial charge on any atom is -0.452 e. The van der Waals surface area contributed by atoms with Gasteiger partial charge in [0.15, 0.2) is 6.61 Å². The number of esters is 1. The molecule has 132 valence electrons. The van der Waals surface area contributed by atoms with Gasteiger partial charge >= 0.3 is 12.1 Å². The molecule has 1 aliphatic rings. The lowest BCUT2D eigenvalue weighted by Gasteiger charge is -2.16. The number of benzene rings is 1. The molecule has 0 unspecified atom stereocenters. The largest absolute Gasteiger partial charge is 0.452 e. The molecule has 1 aromatic carbocycles. The van der Waals surface area contributed by atoms with Crippen LogP contribution in [0.1, 0.15) is 54.4 Å². The van der Waals surface area contributed by atoms with Crippen molar-refractivity contribution in [2.45, 2.75) is 50.7 Å². The standard InChI is InChI=1S/C17H20F3NO3/c18-17(19,20)14-10-6-5-9-13(14)16(23)24-11-15(22)21-12-7-3-1-2-4-8-12/h5-6,9-10,12H,1-4,7-8,11H2,(H,21,22). The molecule has 0 spiro atoms. The van der Waals surface area contributed by atoms with Crippen LogP contribution in [-0.4, -0.2) is 24.5 Å². The molecule has 1 fully saturated rings. The Hall–Kier alpha value is -2.05. The molecule has 1 saturated carbocycles. The number of hydrogen-bond acceptors (Lipinski definition) is 3. The summed E-state index contributed by atoms with van der Waals surface area (Å²) in [5, 5.41) is 2.77. The van der Waals surface area contributed by atoms with Gasteiger partial charge in [-0.05, 0) is 25.0 Å². The van der Waals surface area contributed by atoms with E-state index in [2.05, 4.69) is 5.32 Å². The molecule has 0 heterocycles. The summed E-state index contributed by atoms with van der Waals surface area (Å²) in [5.74, 6) is -1.64. The van der Waals surface area contributed by atoms with Gasteiger partial charge in [0.1, 0.15) is 0 Å². The first kappa shape index (κ1) is 18.3. The summed E-state index contributed by atoms with van der Waals surface area (Å²) in [7, 11) is 0.